The molecule has 8 heteroatoms. The van der Waals surface area contributed by atoms with Crippen molar-refractivity contribution >= 4 is 11.6 Å². The van der Waals surface area contributed by atoms with Crippen LogP contribution in [0.2, 0.25) is 5.02 Å². The molecule has 1 aromatic heterocycles. The SMILES string of the molecule is NC1(CCc2nc(COc3ccc(Cl)c(F)c3)no2)CCOC1. The van der Waals surface area contributed by atoms with Crippen molar-refractivity contribution in [2.24, 2.45) is 5.73 Å². The van der Waals surface area contributed by atoms with Crippen LogP contribution in [0.4, 0.5) is 4.39 Å². The van der Waals surface area contributed by atoms with E-state index in [0.29, 0.717) is 37.1 Å². The molecule has 1 aliphatic rings. The fourth-order valence-electron chi connectivity index (χ4n) is 2.34. The van der Waals surface area contributed by atoms with Crippen molar-refractivity contribution in [1.82, 2.24) is 10.1 Å². The zero-order valence-electron chi connectivity index (χ0n) is 12.4. The molecule has 2 aromatic rings. The summed E-state index contributed by atoms with van der Waals surface area (Å²) in [4.78, 5) is 4.24. The van der Waals surface area contributed by atoms with Gasteiger partial charge in [-0.1, -0.05) is 16.8 Å². The molecule has 3 rings (SSSR count). The first kappa shape index (κ1) is 16.2. The third-order valence-corrected chi connectivity index (χ3v) is 4.05. The quantitative estimate of drug-likeness (QED) is 0.869. The summed E-state index contributed by atoms with van der Waals surface area (Å²) in [6, 6.07) is 4.21. The first-order valence-corrected chi connectivity index (χ1v) is 7.68. The minimum Gasteiger partial charge on any atom is -0.485 e. The summed E-state index contributed by atoms with van der Waals surface area (Å²) in [7, 11) is 0. The molecule has 2 heterocycles. The summed E-state index contributed by atoms with van der Waals surface area (Å²) in [5.41, 5.74) is 5.88. The molecule has 0 radical (unpaired) electrons. The highest BCUT2D eigenvalue weighted by atomic mass is 35.5. The number of nitrogens with two attached hydrogens (primary N) is 1. The van der Waals surface area contributed by atoms with Crippen LogP contribution < -0.4 is 10.5 Å². The molecule has 0 saturated carbocycles. The number of hydrogen-bond donors (Lipinski definition) is 1. The lowest BCUT2D eigenvalue weighted by atomic mass is 9.94. The van der Waals surface area contributed by atoms with Gasteiger partial charge in [-0.3, -0.25) is 0 Å². The van der Waals surface area contributed by atoms with Crippen molar-refractivity contribution < 1.29 is 18.4 Å². The summed E-state index contributed by atoms with van der Waals surface area (Å²) in [5, 5.41) is 3.88. The predicted octanol–water partition coefficient (Wildman–Crippen LogP) is 2.49. The van der Waals surface area contributed by atoms with Crippen LogP contribution in [-0.4, -0.2) is 28.9 Å². The number of aromatic nitrogens is 2. The minimum absolute atomic E-state index is 0.0470. The lowest BCUT2D eigenvalue weighted by molar-refractivity contribution is 0.175. The molecular formula is C15H17ClFN3O3. The van der Waals surface area contributed by atoms with Gasteiger partial charge >= 0.3 is 0 Å². The Bertz CT molecular complexity index is 674. The lowest BCUT2D eigenvalue weighted by Crippen LogP contribution is -2.40. The van der Waals surface area contributed by atoms with E-state index in [1.807, 2.05) is 0 Å². The van der Waals surface area contributed by atoms with E-state index in [2.05, 4.69) is 10.1 Å². The van der Waals surface area contributed by atoms with Crippen LogP contribution in [0.3, 0.4) is 0 Å². The van der Waals surface area contributed by atoms with Gasteiger partial charge in [0, 0.05) is 24.6 Å². The van der Waals surface area contributed by atoms with E-state index < -0.39 is 5.82 Å². The number of ether oxygens (including phenoxy) is 2. The van der Waals surface area contributed by atoms with Crippen LogP contribution >= 0.6 is 11.6 Å². The Balaban J connectivity index is 1.51. The van der Waals surface area contributed by atoms with Gasteiger partial charge in [-0.2, -0.15) is 4.98 Å². The highest BCUT2D eigenvalue weighted by molar-refractivity contribution is 6.30. The van der Waals surface area contributed by atoms with Gasteiger partial charge in [0.1, 0.15) is 11.6 Å². The molecule has 0 amide bonds. The maximum Gasteiger partial charge on any atom is 0.226 e. The molecule has 1 aromatic carbocycles. The Kier molecular flexibility index (Phi) is 4.79. The highest BCUT2D eigenvalue weighted by Gasteiger charge is 2.30. The third kappa shape index (κ3) is 4.19. The number of hydrogen-bond acceptors (Lipinski definition) is 6. The molecule has 1 aliphatic heterocycles. The van der Waals surface area contributed by atoms with Crippen molar-refractivity contribution in [3.8, 4) is 5.75 Å². The number of aryl methyl sites for hydroxylation is 1. The molecule has 1 fully saturated rings. The molecule has 0 spiro atoms. The minimum atomic E-state index is -0.537. The van der Waals surface area contributed by atoms with Gasteiger partial charge in [-0.25, -0.2) is 4.39 Å². The molecule has 23 heavy (non-hydrogen) atoms. The monoisotopic (exact) mass is 341 g/mol. The Labute approximate surface area is 137 Å². The van der Waals surface area contributed by atoms with Crippen molar-refractivity contribution in [1.29, 1.82) is 0 Å². The maximum atomic E-state index is 13.3. The molecule has 0 bridgehead atoms. The molecule has 1 unspecified atom stereocenters. The number of halogens is 2. The Hall–Kier alpha value is -1.70. The lowest BCUT2D eigenvalue weighted by Gasteiger charge is -2.19. The predicted molar refractivity (Wildman–Crippen MR) is 80.7 cm³/mol. The summed E-state index contributed by atoms with van der Waals surface area (Å²) >= 11 is 5.61. The van der Waals surface area contributed by atoms with Crippen molar-refractivity contribution in [2.45, 2.75) is 31.4 Å². The first-order chi connectivity index (χ1) is 11.0. The van der Waals surface area contributed by atoms with E-state index in [-0.39, 0.29) is 17.2 Å². The van der Waals surface area contributed by atoms with E-state index in [1.54, 1.807) is 6.07 Å². The van der Waals surface area contributed by atoms with Crippen LogP contribution in [-0.2, 0) is 17.8 Å². The summed E-state index contributed by atoms with van der Waals surface area (Å²) in [6.45, 7) is 1.33. The van der Waals surface area contributed by atoms with Gasteiger partial charge in [0.15, 0.2) is 6.61 Å². The molecule has 1 saturated heterocycles. The first-order valence-electron chi connectivity index (χ1n) is 7.30. The molecule has 0 aliphatic carbocycles. The van der Waals surface area contributed by atoms with Gasteiger partial charge in [0.2, 0.25) is 11.7 Å². The third-order valence-electron chi connectivity index (χ3n) is 3.74. The van der Waals surface area contributed by atoms with E-state index in [1.165, 1.54) is 12.1 Å². The highest BCUT2D eigenvalue weighted by Crippen LogP contribution is 2.22. The smallest absolute Gasteiger partial charge is 0.226 e. The van der Waals surface area contributed by atoms with Crippen molar-refractivity contribution in [3.63, 3.8) is 0 Å². The van der Waals surface area contributed by atoms with Crippen molar-refractivity contribution in [2.75, 3.05) is 13.2 Å². The second-order valence-corrected chi connectivity index (χ2v) is 6.04. The zero-order chi connectivity index (χ0) is 16.3. The number of benzene rings is 1. The van der Waals surface area contributed by atoms with Crippen LogP contribution in [0.1, 0.15) is 24.6 Å². The second-order valence-electron chi connectivity index (χ2n) is 5.63. The van der Waals surface area contributed by atoms with Crippen molar-refractivity contribution in [3.05, 3.63) is 40.8 Å². The summed E-state index contributed by atoms with van der Waals surface area (Å²) in [6.07, 6.45) is 2.14. The average molecular weight is 342 g/mol. The fraction of sp³-hybridized carbons (Fsp3) is 0.467. The summed E-state index contributed by atoms with van der Waals surface area (Å²) in [5.74, 6) is 0.707. The van der Waals surface area contributed by atoms with Gasteiger partial charge in [-0.05, 0) is 25.0 Å². The van der Waals surface area contributed by atoms with Gasteiger partial charge in [0.05, 0.1) is 11.6 Å². The number of nitrogens with zero attached hydrogens (tertiary/aromatic N) is 2. The largest absolute Gasteiger partial charge is 0.485 e. The molecule has 2 N–H and O–H groups in total. The normalized spacial score (nSPS) is 20.8. The van der Waals surface area contributed by atoms with E-state index in [0.717, 1.165) is 12.8 Å². The van der Waals surface area contributed by atoms with Gasteiger partial charge < -0.3 is 19.7 Å². The zero-order valence-corrected chi connectivity index (χ0v) is 13.2. The van der Waals surface area contributed by atoms with Crippen LogP contribution in [0.25, 0.3) is 0 Å². The molecule has 124 valence electrons. The maximum absolute atomic E-state index is 13.3. The molecule has 1 atom stereocenters. The van der Waals surface area contributed by atoms with Gasteiger partial charge in [-0.15, -0.1) is 0 Å². The Morgan fingerprint density at radius 2 is 2.30 bits per heavy atom. The van der Waals surface area contributed by atoms with E-state index >= 15 is 0 Å². The Morgan fingerprint density at radius 1 is 1.43 bits per heavy atom. The average Bonchev–Trinajstić information content (AvgIpc) is 3.16. The fourth-order valence-corrected chi connectivity index (χ4v) is 2.46. The van der Waals surface area contributed by atoms with Gasteiger partial charge in [0.25, 0.3) is 0 Å². The van der Waals surface area contributed by atoms with E-state index in [9.17, 15) is 4.39 Å². The number of rotatable bonds is 6. The molecule has 6 nitrogen and oxygen atoms in total. The van der Waals surface area contributed by atoms with E-state index in [4.69, 9.17) is 31.3 Å². The summed E-state index contributed by atoms with van der Waals surface area (Å²) < 4.78 is 29.2. The molecular weight excluding hydrogens is 325 g/mol. The second kappa shape index (κ2) is 6.82. The van der Waals surface area contributed by atoms with Crippen LogP contribution in [0.5, 0.6) is 5.75 Å². The topological polar surface area (TPSA) is 83.4 Å². The standard InChI is InChI=1S/C15H17ClFN3O3/c16-11-2-1-10(7-12(11)17)22-8-13-19-14(23-20-13)3-4-15(18)5-6-21-9-15/h1-2,7H,3-6,8-9,18H2. The Morgan fingerprint density at radius 3 is 3.04 bits per heavy atom. The van der Waals surface area contributed by atoms with Crippen LogP contribution in [0, 0.1) is 5.82 Å². The van der Waals surface area contributed by atoms with Crippen LogP contribution in [0.15, 0.2) is 22.7 Å².